The van der Waals surface area contributed by atoms with E-state index in [2.05, 4.69) is 9.67 Å². The first kappa shape index (κ1) is 11.8. The zero-order valence-corrected chi connectivity index (χ0v) is 10.5. The summed E-state index contributed by atoms with van der Waals surface area (Å²) in [5, 5.41) is 4.80. The van der Waals surface area contributed by atoms with Crippen molar-refractivity contribution in [2.45, 2.75) is 19.5 Å². The molecule has 3 rings (SSSR count). The van der Waals surface area contributed by atoms with E-state index in [1.165, 1.54) is 6.07 Å². The molecule has 19 heavy (non-hydrogen) atoms. The zero-order valence-electron chi connectivity index (χ0n) is 10.5. The van der Waals surface area contributed by atoms with Gasteiger partial charge in [-0.1, -0.05) is 6.07 Å². The maximum atomic E-state index is 13.5. The Balaban J connectivity index is 1.70. The number of halogens is 1. The number of hydrogen-bond donors (Lipinski definition) is 1. The highest BCUT2D eigenvalue weighted by molar-refractivity contribution is 5.80. The summed E-state index contributed by atoms with van der Waals surface area (Å²) in [4.78, 5) is 0. The van der Waals surface area contributed by atoms with Gasteiger partial charge in [-0.25, -0.2) is 4.39 Å². The highest BCUT2D eigenvalue weighted by atomic mass is 19.1. The molecule has 0 bridgehead atoms. The summed E-state index contributed by atoms with van der Waals surface area (Å²) in [5.41, 5.74) is 6.49. The van der Waals surface area contributed by atoms with Crippen LogP contribution >= 0.6 is 0 Å². The Morgan fingerprint density at radius 3 is 2.79 bits per heavy atom. The molecule has 2 heterocycles. The molecule has 0 aliphatic rings. The standard InChI is InChI=1S/C14H15FN4/c15-12-3-1-4-13-11(12)5-9-18(13)7-2-8-19-10-6-14(16)17-19/h1,3-6,9-10H,2,7-8H2,(H2,16,17). The van der Waals surface area contributed by atoms with Gasteiger partial charge < -0.3 is 10.3 Å². The van der Waals surface area contributed by atoms with Crippen LogP contribution in [-0.2, 0) is 13.1 Å². The Hall–Kier alpha value is -2.30. The fourth-order valence-corrected chi connectivity index (χ4v) is 2.29. The van der Waals surface area contributed by atoms with E-state index in [4.69, 9.17) is 5.73 Å². The topological polar surface area (TPSA) is 48.8 Å². The molecule has 0 fully saturated rings. The highest BCUT2D eigenvalue weighted by Crippen LogP contribution is 2.19. The first-order valence-electron chi connectivity index (χ1n) is 6.26. The summed E-state index contributed by atoms with van der Waals surface area (Å²) in [5.74, 6) is 0.365. The average Bonchev–Trinajstić information content (AvgIpc) is 2.98. The number of rotatable bonds is 4. The minimum atomic E-state index is -0.170. The van der Waals surface area contributed by atoms with Crippen molar-refractivity contribution in [3.05, 3.63) is 48.5 Å². The van der Waals surface area contributed by atoms with Gasteiger partial charge in [-0.3, -0.25) is 4.68 Å². The van der Waals surface area contributed by atoms with E-state index in [0.717, 1.165) is 25.0 Å². The quantitative estimate of drug-likeness (QED) is 0.782. The van der Waals surface area contributed by atoms with E-state index < -0.39 is 0 Å². The maximum Gasteiger partial charge on any atom is 0.145 e. The molecule has 98 valence electrons. The van der Waals surface area contributed by atoms with Crippen LogP contribution < -0.4 is 5.73 Å². The Morgan fingerprint density at radius 2 is 2.00 bits per heavy atom. The van der Waals surface area contributed by atoms with Crippen molar-refractivity contribution in [2.24, 2.45) is 0 Å². The number of nitrogens with two attached hydrogens (primary N) is 1. The number of aryl methyl sites for hydroxylation is 2. The Labute approximate surface area is 110 Å². The molecule has 0 spiro atoms. The van der Waals surface area contributed by atoms with Gasteiger partial charge in [0.05, 0.1) is 5.52 Å². The van der Waals surface area contributed by atoms with Crippen LogP contribution in [0.1, 0.15) is 6.42 Å². The molecule has 0 radical (unpaired) electrons. The number of fused-ring (bicyclic) bond motifs is 1. The van der Waals surface area contributed by atoms with Crippen LogP contribution in [0.25, 0.3) is 10.9 Å². The number of hydrogen-bond acceptors (Lipinski definition) is 2. The van der Waals surface area contributed by atoms with Crippen LogP contribution in [0.15, 0.2) is 42.7 Å². The second kappa shape index (κ2) is 4.76. The minimum Gasteiger partial charge on any atom is -0.382 e. The predicted molar refractivity (Wildman–Crippen MR) is 73.2 cm³/mol. The Kier molecular flexibility index (Phi) is 2.95. The average molecular weight is 258 g/mol. The number of benzene rings is 1. The molecular formula is C14H15FN4. The van der Waals surface area contributed by atoms with Crippen LogP contribution in [0.4, 0.5) is 10.2 Å². The van der Waals surface area contributed by atoms with Crippen molar-refractivity contribution in [1.29, 1.82) is 0 Å². The first-order chi connectivity index (χ1) is 9.24. The van der Waals surface area contributed by atoms with Gasteiger partial charge in [0.1, 0.15) is 11.6 Å². The van der Waals surface area contributed by atoms with E-state index in [1.807, 2.05) is 29.2 Å². The third-order valence-electron chi connectivity index (χ3n) is 3.21. The molecule has 0 amide bonds. The summed E-state index contributed by atoms with van der Waals surface area (Å²) in [6, 6.07) is 8.75. The molecule has 4 nitrogen and oxygen atoms in total. The molecule has 0 saturated heterocycles. The molecule has 2 aromatic heterocycles. The third-order valence-corrected chi connectivity index (χ3v) is 3.21. The van der Waals surface area contributed by atoms with Crippen LogP contribution in [-0.4, -0.2) is 14.3 Å². The monoisotopic (exact) mass is 258 g/mol. The van der Waals surface area contributed by atoms with Crippen LogP contribution in [0, 0.1) is 5.82 Å². The number of nitrogens with zero attached hydrogens (tertiary/aromatic N) is 3. The lowest BCUT2D eigenvalue weighted by Crippen LogP contribution is -2.04. The molecule has 0 saturated carbocycles. The molecule has 0 aliphatic heterocycles. The fraction of sp³-hybridized carbons (Fsp3) is 0.214. The molecule has 0 unspecified atom stereocenters. The molecule has 0 aliphatic carbocycles. The lowest BCUT2D eigenvalue weighted by molar-refractivity contribution is 0.535. The van der Waals surface area contributed by atoms with Crippen molar-refractivity contribution in [2.75, 3.05) is 5.73 Å². The SMILES string of the molecule is Nc1ccn(CCCn2ccc3c(F)cccc32)n1. The van der Waals surface area contributed by atoms with Gasteiger partial charge in [-0.2, -0.15) is 5.10 Å². The largest absolute Gasteiger partial charge is 0.382 e. The smallest absolute Gasteiger partial charge is 0.145 e. The maximum absolute atomic E-state index is 13.5. The highest BCUT2D eigenvalue weighted by Gasteiger charge is 2.04. The second-order valence-corrected chi connectivity index (χ2v) is 4.54. The minimum absolute atomic E-state index is 0.170. The summed E-state index contributed by atoms with van der Waals surface area (Å²) in [6.45, 7) is 1.62. The normalized spacial score (nSPS) is 11.2. The summed E-state index contributed by atoms with van der Waals surface area (Å²) in [6.07, 6.45) is 4.70. The molecule has 0 atom stereocenters. The van der Waals surface area contributed by atoms with Crippen molar-refractivity contribution >= 4 is 16.7 Å². The lowest BCUT2D eigenvalue weighted by Gasteiger charge is -2.06. The van der Waals surface area contributed by atoms with E-state index in [-0.39, 0.29) is 5.82 Å². The number of aromatic nitrogens is 3. The van der Waals surface area contributed by atoms with Gasteiger partial charge in [-0.15, -0.1) is 0 Å². The molecule has 1 aromatic carbocycles. The van der Waals surface area contributed by atoms with Gasteiger partial charge in [-0.05, 0) is 30.7 Å². The van der Waals surface area contributed by atoms with Crippen LogP contribution in [0.5, 0.6) is 0 Å². The number of nitrogen functional groups attached to an aromatic ring is 1. The molecule has 5 heteroatoms. The molecule has 3 aromatic rings. The summed E-state index contributed by atoms with van der Waals surface area (Å²) < 4.78 is 17.4. The van der Waals surface area contributed by atoms with E-state index in [9.17, 15) is 4.39 Å². The van der Waals surface area contributed by atoms with E-state index in [0.29, 0.717) is 11.2 Å². The van der Waals surface area contributed by atoms with Gasteiger partial charge in [0.2, 0.25) is 0 Å². The van der Waals surface area contributed by atoms with Crippen molar-refractivity contribution in [1.82, 2.24) is 14.3 Å². The Morgan fingerprint density at radius 1 is 1.11 bits per heavy atom. The van der Waals surface area contributed by atoms with E-state index >= 15 is 0 Å². The summed E-state index contributed by atoms with van der Waals surface area (Å²) in [7, 11) is 0. The first-order valence-corrected chi connectivity index (χ1v) is 6.26. The summed E-state index contributed by atoms with van der Waals surface area (Å²) >= 11 is 0. The molecule has 2 N–H and O–H groups in total. The van der Waals surface area contributed by atoms with Gasteiger partial charge >= 0.3 is 0 Å². The predicted octanol–water partition coefficient (Wildman–Crippen LogP) is 2.65. The number of anilines is 1. The second-order valence-electron chi connectivity index (χ2n) is 4.54. The van der Waals surface area contributed by atoms with Crippen molar-refractivity contribution < 1.29 is 4.39 Å². The third kappa shape index (κ3) is 2.31. The van der Waals surface area contributed by atoms with Crippen molar-refractivity contribution in [3.8, 4) is 0 Å². The van der Waals surface area contributed by atoms with Crippen LogP contribution in [0.3, 0.4) is 0 Å². The Bertz CT molecular complexity index is 698. The van der Waals surface area contributed by atoms with Gasteiger partial charge in [0, 0.05) is 30.9 Å². The lowest BCUT2D eigenvalue weighted by atomic mass is 10.2. The van der Waals surface area contributed by atoms with E-state index in [1.54, 1.807) is 12.1 Å². The van der Waals surface area contributed by atoms with Gasteiger partial charge in [0.25, 0.3) is 0 Å². The van der Waals surface area contributed by atoms with Crippen LogP contribution in [0.2, 0.25) is 0 Å². The van der Waals surface area contributed by atoms with Gasteiger partial charge in [0.15, 0.2) is 0 Å². The van der Waals surface area contributed by atoms with Crippen molar-refractivity contribution in [3.63, 3.8) is 0 Å². The fourth-order valence-electron chi connectivity index (χ4n) is 2.29. The molecular weight excluding hydrogens is 243 g/mol. The zero-order chi connectivity index (χ0) is 13.2.